The van der Waals surface area contributed by atoms with E-state index in [1.807, 2.05) is 5.32 Å². The molecule has 0 saturated carbocycles. The van der Waals surface area contributed by atoms with Gasteiger partial charge in [-0.25, -0.2) is 4.79 Å². The van der Waals surface area contributed by atoms with Crippen LogP contribution in [0.15, 0.2) is 0 Å². The summed E-state index contributed by atoms with van der Waals surface area (Å²) in [6.45, 7) is 0.729. The summed E-state index contributed by atoms with van der Waals surface area (Å²) in [6, 6.07) is -8.33. The minimum atomic E-state index is -1.61. The van der Waals surface area contributed by atoms with E-state index in [1.165, 1.54) is 20.8 Å². The van der Waals surface area contributed by atoms with Gasteiger partial charge in [-0.15, -0.1) is 0 Å². The Morgan fingerprint density at radius 3 is 1.56 bits per heavy atom. The lowest BCUT2D eigenvalue weighted by Gasteiger charge is -2.23. The molecule has 45 heavy (non-hydrogen) atoms. The highest BCUT2D eigenvalue weighted by Gasteiger charge is 2.29. The average molecular weight is 649 g/mol. The summed E-state index contributed by atoms with van der Waals surface area (Å²) in [6.07, 6.45) is -0.857. The summed E-state index contributed by atoms with van der Waals surface area (Å²) in [7, 11) is 0. The van der Waals surface area contributed by atoms with E-state index in [-0.39, 0.29) is 6.42 Å². The number of aliphatic hydroxyl groups excluding tert-OH is 2. The number of nitrogens with one attached hydrogen (secondary N) is 7. The molecule has 13 N–H and O–H groups in total. The fourth-order valence-corrected chi connectivity index (χ4v) is 3.20. The minimum absolute atomic E-state index is 0.347. The summed E-state index contributed by atoms with van der Waals surface area (Å²) in [5.41, 5.74) is 5.19. The summed E-state index contributed by atoms with van der Waals surface area (Å²) in [4.78, 5) is 107. The van der Waals surface area contributed by atoms with E-state index in [0.29, 0.717) is 0 Å². The molecule has 0 aromatic rings. The van der Waals surface area contributed by atoms with Gasteiger partial charge in [-0.2, -0.15) is 0 Å². The van der Waals surface area contributed by atoms with Gasteiger partial charge in [0.2, 0.25) is 41.4 Å². The first-order valence-electron chi connectivity index (χ1n) is 13.4. The molecule has 21 nitrogen and oxygen atoms in total. The Labute approximate surface area is 256 Å². The Balaban J connectivity index is 4.90. The van der Waals surface area contributed by atoms with E-state index in [4.69, 9.17) is 21.1 Å². The monoisotopic (exact) mass is 648 g/mol. The van der Waals surface area contributed by atoms with Crippen molar-refractivity contribution in [3.05, 3.63) is 0 Å². The van der Waals surface area contributed by atoms with Gasteiger partial charge in [0.25, 0.3) is 0 Å². The zero-order valence-corrected chi connectivity index (χ0v) is 24.7. The lowest BCUT2D eigenvalue weighted by Crippen LogP contribution is -2.58. The lowest BCUT2D eigenvalue weighted by atomic mass is 10.1. The number of carbonyl (C=O) groups is 9. The first-order valence-corrected chi connectivity index (χ1v) is 13.4. The van der Waals surface area contributed by atoms with Crippen molar-refractivity contribution in [1.29, 1.82) is 0 Å². The van der Waals surface area contributed by atoms with Crippen molar-refractivity contribution < 1.29 is 63.6 Å². The second-order valence-corrected chi connectivity index (χ2v) is 9.55. The predicted octanol–water partition coefficient (Wildman–Crippen LogP) is -7.04. The predicted molar refractivity (Wildman–Crippen MR) is 149 cm³/mol. The number of nitrogens with two attached hydrogens (primary N) is 1. The summed E-state index contributed by atoms with van der Waals surface area (Å²) >= 11 is 0. The lowest BCUT2D eigenvalue weighted by molar-refractivity contribution is -0.143. The van der Waals surface area contributed by atoms with Crippen molar-refractivity contribution >= 4 is 53.3 Å². The van der Waals surface area contributed by atoms with E-state index in [9.17, 15) is 48.3 Å². The Morgan fingerprint density at radius 1 is 0.578 bits per heavy atom. The van der Waals surface area contributed by atoms with Crippen LogP contribution in [0, 0.1) is 0 Å². The van der Waals surface area contributed by atoms with Crippen molar-refractivity contribution in [2.45, 2.75) is 69.9 Å². The molecule has 6 atom stereocenters. The third kappa shape index (κ3) is 15.4. The Morgan fingerprint density at radius 2 is 1.04 bits per heavy atom. The quantitative estimate of drug-likeness (QED) is 0.0584. The van der Waals surface area contributed by atoms with Gasteiger partial charge < -0.3 is 63.4 Å². The van der Waals surface area contributed by atoms with Gasteiger partial charge in [-0.05, 0) is 27.2 Å². The number of aliphatic hydroxyl groups is 2. The fraction of sp³-hybridized carbons (Fsp3) is 0.625. The summed E-state index contributed by atoms with van der Waals surface area (Å²) < 4.78 is 0. The molecular weight excluding hydrogens is 608 g/mol. The summed E-state index contributed by atoms with van der Waals surface area (Å²) in [5, 5.41) is 51.5. The second-order valence-electron chi connectivity index (χ2n) is 9.55. The first kappa shape index (κ1) is 40.1. The maximum absolute atomic E-state index is 12.5. The van der Waals surface area contributed by atoms with Crippen LogP contribution >= 0.6 is 0 Å². The van der Waals surface area contributed by atoms with E-state index in [1.54, 1.807) is 0 Å². The van der Waals surface area contributed by atoms with Gasteiger partial charge in [-0.1, -0.05) is 0 Å². The van der Waals surface area contributed by atoms with Crippen LogP contribution in [-0.2, 0) is 43.2 Å². The SMILES string of the molecule is C[C@H](NC(=O)CNC(=O)[C@H](C)NC(=O)[C@H](CO)NC(=O)[C@H](CCC(=O)O)NC(=O)CN)C(=O)N[C@@H](C)C(=O)N[C@@H](CO)C(=O)O. The van der Waals surface area contributed by atoms with Crippen LogP contribution in [0.25, 0.3) is 0 Å². The third-order valence-corrected chi connectivity index (χ3v) is 5.79. The Kier molecular flexibility index (Phi) is 17.9. The van der Waals surface area contributed by atoms with Gasteiger partial charge >= 0.3 is 11.9 Å². The van der Waals surface area contributed by atoms with Crippen molar-refractivity contribution in [3.8, 4) is 0 Å². The van der Waals surface area contributed by atoms with Crippen LogP contribution in [-0.4, -0.2) is 136 Å². The summed E-state index contributed by atoms with van der Waals surface area (Å²) in [5.74, 6) is -9.03. The Hall–Kier alpha value is -4.89. The number of hydrogen-bond acceptors (Lipinski definition) is 12. The van der Waals surface area contributed by atoms with Crippen LogP contribution in [0.2, 0.25) is 0 Å². The van der Waals surface area contributed by atoms with Gasteiger partial charge in [0.05, 0.1) is 26.3 Å². The molecule has 0 aromatic heterocycles. The molecular formula is C24H40N8O13. The maximum atomic E-state index is 12.5. The highest BCUT2D eigenvalue weighted by molar-refractivity contribution is 5.96. The average Bonchev–Trinajstić information content (AvgIpc) is 2.98. The van der Waals surface area contributed by atoms with E-state index >= 15 is 0 Å². The maximum Gasteiger partial charge on any atom is 0.328 e. The highest BCUT2D eigenvalue weighted by Crippen LogP contribution is 2.00. The van der Waals surface area contributed by atoms with Crippen LogP contribution < -0.4 is 43.0 Å². The van der Waals surface area contributed by atoms with Crippen LogP contribution in [0.1, 0.15) is 33.6 Å². The molecule has 21 heteroatoms. The molecule has 7 amide bonds. The van der Waals surface area contributed by atoms with Crippen LogP contribution in [0.5, 0.6) is 0 Å². The third-order valence-electron chi connectivity index (χ3n) is 5.79. The molecule has 0 rings (SSSR count). The molecule has 0 aliphatic rings. The van der Waals surface area contributed by atoms with Gasteiger partial charge in [0.15, 0.2) is 0 Å². The molecule has 0 unspecified atom stereocenters. The van der Waals surface area contributed by atoms with Crippen LogP contribution in [0.4, 0.5) is 0 Å². The molecule has 254 valence electrons. The van der Waals surface area contributed by atoms with Crippen LogP contribution in [0.3, 0.4) is 0 Å². The molecule has 0 aromatic carbocycles. The molecule has 0 fully saturated rings. The van der Waals surface area contributed by atoms with E-state index in [2.05, 4.69) is 31.9 Å². The van der Waals surface area contributed by atoms with E-state index < -0.39 is 122 Å². The molecule has 0 aliphatic carbocycles. The largest absolute Gasteiger partial charge is 0.481 e. The van der Waals surface area contributed by atoms with Crippen molar-refractivity contribution in [2.75, 3.05) is 26.3 Å². The van der Waals surface area contributed by atoms with E-state index in [0.717, 1.165) is 0 Å². The van der Waals surface area contributed by atoms with Gasteiger partial charge in [-0.3, -0.25) is 38.4 Å². The van der Waals surface area contributed by atoms with Crippen molar-refractivity contribution in [3.63, 3.8) is 0 Å². The molecule has 0 bridgehead atoms. The zero-order chi connectivity index (χ0) is 34.9. The highest BCUT2D eigenvalue weighted by atomic mass is 16.4. The molecule has 0 heterocycles. The zero-order valence-electron chi connectivity index (χ0n) is 24.7. The molecule has 0 saturated heterocycles. The Bertz CT molecular complexity index is 1120. The number of amides is 7. The number of carbonyl (C=O) groups excluding carboxylic acids is 7. The molecule has 0 aliphatic heterocycles. The normalized spacial score (nSPS) is 14.5. The number of carboxylic acids is 2. The van der Waals surface area contributed by atoms with Gasteiger partial charge in [0.1, 0.15) is 36.3 Å². The minimum Gasteiger partial charge on any atom is -0.481 e. The number of aliphatic carboxylic acids is 2. The molecule has 0 radical (unpaired) electrons. The van der Waals surface area contributed by atoms with Gasteiger partial charge in [0, 0.05) is 6.42 Å². The topological polar surface area (TPSA) is 345 Å². The van der Waals surface area contributed by atoms with Crippen molar-refractivity contribution in [2.24, 2.45) is 5.73 Å². The smallest absolute Gasteiger partial charge is 0.328 e. The standard InChI is InChI=1S/C24H40N8O13/c1-10(29-23(43)14(8-33)31-22(42)13(4-5-18(37)38)30-16(35)6-25)19(39)26-7-17(36)27-11(2)20(40)28-12(3)21(41)32-15(9-34)24(44)45/h10-15,33-34H,4-9,25H2,1-3H3,(H,26,39)(H,27,36)(H,28,40)(H,29,43)(H,30,35)(H,31,42)(H,32,41)(H,37,38)(H,44,45)/t10-,11-,12-,13-,14-,15-/m0/s1. The first-order chi connectivity index (χ1) is 21.0. The fourth-order valence-electron chi connectivity index (χ4n) is 3.20. The number of rotatable bonds is 20. The van der Waals surface area contributed by atoms with Crippen molar-refractivity contribution in [1.82, 2.24) is 37.2 Å². The number of hydrogen-bond donors (Lipinski definition) is 12. The molecule has 0 spiro atoms. The number of carboxylic acid groups (broad SMARTS) is 2. The second kappa shape index (κ2) is 20.1.